The molecule has 28 heavy (non-hydrogen) atoms. The van der Waals surface area contributed by atoms with Gasteiger partial charge in [0.25, 0.3) is 5.91 Å². The number of likely N-dealkylation sites (tertiary alicyclic amines) is 1. The normalized spacial score (nSPS) is 26.4. The molecule has 0 aliphatic carbocycles. The molecule has 3 aliphatic rings. The highest BCUT2D eigenvalue weighted by Crippen LogP contribution is 2.25. The molecule has 0 spiro atoms. The third-order valence-corrected chi connectivity index (χ3v) is 5.34. The second-order valence-corrected chi connectivity index (χ2v) is 7.15. The molecule has 0 N–H and O–H groups in total. The molecule has 1 aromatic heterocycles. The van der Waals surface area contributed by atoms with Crippen LogP contribution in [0.25, 0.3) is 0 Å². The van der Waals surface area contributed by atoms with Crippen molar-refractivity contribution in [2.75, 3.05) is 13.1 Å². The van der Waals surface area contributed by atoms with Crippen LogP contribution in [0.5, 0.6) is 5.75 Å². The van der Waals surface area contributed by atoms with Crippen molar-refractivity contribution in [3.05, 3.63) is 47.3 Å². The summed E-state index contributed by atoms with van der Waals surface area (Å²) in [5.74, 6) is 0.522. The number of hydrogen-bond acceptors (Lipinski definition) is 6. The Balaban J connectivity index is 1.34. The number of nitriles is 1. The van der Waals surface area contributed by atoms with E-state index in [1.165, 1.54) is 0 Å². The lowest BCUT2D eigenvalue weighted by Gasteiger charge is -2.46. The van der Waals surface area contributed by atoms with Crippen molar-refractivity contribution in [3.63, 3.8) is 0 Å². The number of hydrogen-bond donors (Lipinski definition) is 0. The molecule has 0 aromatic carbocycles. The van der Waals surface area contributed by atoms with Gasteiger partial charge in [0.1, 0.15) is 29.7 Å². The van der Waals surface area contributed by atoms with Crippen LogP contribution in [0, 0.1) is 11.3 Å². The maximum atomic E-state index is 12.0. The molecule has 7 nitrogen and oxygen atoms in total. The van der Waals surface area contributed by atoms with Crippen molar-refractivity contribution in [2.45, 2.75) is 38.5 Å². The van der Waals surface area contributed by atoms with Gasteiger partial charge >= 0.3 is 0 Å². The summed E-state index contributed by atoms with van der Waals surface area (Å²) in [4.78, 5) is 27.1. The number of fused-ring (bicyclic) bond motifs is 1. The summed E-state index contributed by atoms with van der Waals surface area (Å²) >= 11 is 0. The number of dihydropyridines is 2. The predicted octanol–water partition coefficient (Wildman–Crippen LogP) is 2.10. The molecule has 1 saturated heterocycles. The van der Waals surface area contributed by atoms with E-state index in [1.54, 1.807) is 18.3 Å². The lowest BCUT2D eigenvalue weighted by Crippen LogP contribution is -2.61. The number of ether oxygens (including phenoxy) is 1. The van der Waals surface area contributed by atoms with Gasteiger partial charge in [-0.05, 0) is 43.2 Å². The number of carbonyl (C=O) groups is 1. The van der Waals surface area contributed by atoms with Gasteiger partial charge in [0.2, 0.25) is 0 Å². The van der Waals surface area contributed by atoms with Gasteiger partial charge in [-0.15, -0.1) is 0 Å². The Morgan fingerprint density at radius 3 is 2.93 bits per heavy atom. The zero-order valence-corrected chi connectivity index (χ0v) is 15.9. The quantitative estimate of drug-likeness (QED) is 0.786. The van der Waals surface area contributed by atoms with E-state index < -0.39 is 0 Å². The van der Waals surface area contributed by atoms with Gasteiger partial charge in [-0.3, -0.25) is 14.7 Å². The van der Waals surface area contributed by atoms with Crippen molar-refractivity contribution in [2.24, 2.45) is 9.98 Å². The van der Waals surface area contributed by atoms with Crippen LogP contribution >= 0.6 is 0 Å². The Morgan fingerprint density at radius 1 is 1.39 bits per heavy atom. The number of nitrogens with zero attached hydrogens (tertiary/aromatic N) is 5. The van der Waals surface area contributed by atoms with E-state index in [4.69, 9.17) is 10.00 Å². The molecule has 0 saturated carbocycles. The van der Waals surface area contributed by atoms with Crippen molar-refractivity contribution in [1.29, 1.82) is 5.26 Å². The molecular formula is C21H21N5O2. The van der Waals surface area contributed by atoms with E-state index in [9.17, 15) is 4.79 Å². The van der Waals surface area contributed by atoms with Crippen molar-refractivity contribution >= 4 is 17.8 Å². The van der Waals surface area contributed by atoms with Crippen LogP contribution < -0.4 is 4.74 Å². The third kappa shape index (κ3) is 3.51. The lowest BCUT2D eigenvalue weighted by molar-refractivity contribution is -0.114. The summed E-state index contributed by atoms with van der Waals surface area (Å²) in [6, 6.07) is 5.53. The predicted molar refractivity (Wildman–Crippen MR) is 106 cm³/mol. The highest BCUT2D eigenvalue weighted by atomic mass is 16.5. The Bertz CT molecular complexity index is 952. The zero-order valence-electron chi connectivity index (χ0n) is 15.9. The SMILES string of the molecule is CCC1=CC2N=CC(CN3C[C@H](Oc4ccc(C#N)nc4)[C@H]3C)=CC2=NC1=O. The molecule has 0 bridgehead atoms. The molecule has 3 aliphatic heterocycles. The minimum Gasteiger partial charge on any atom is -0.486 e. The van der Waals surface area contributed by atoms with Crippen LogP contribution in [-0.2, 0) is 4.79 Å². The summed E-state index contributed by atoms with van der Waals surface area (Å²) < 4.78 is 5.96. The number of amides is 1. The zero-order chi connectivity index (χ0) is 19.7. The fourth-order valence-electron chi connectivity index (χ4n) is 3.52. The van der Waals surface area contributed by atoms with Gasteiger partial charge in [0, 0.05) is 30.9 Å². The molecule has 1 amide bonds. The van der Waals surface area contributed by atoms with Gasteiger partial charge in [0.15, 0.2) is 0 Å². The molecule has 1 fully saturated rings. The molecule has 7 heteroatoms. The Hall–Kier alpha value is -3.11. The van der Waals surface area contributed by atoms with Crippen molar-refractivity contribution in [1.82, 2.24) is 9.88 Å². The first-order valence-corrected chi connectivity index (χ1v) is 9.41. The first kappa shape index (κ1) is 18.3. The van der Waals surface area contributed by atoms with Crippen LogP contribution in [0.2, 0.25) is 0 Å². The van der Waals surface area contributed by atoms with Crippen molar-refractivity contribution in [3.8, 4) is 11.8 Å². The van der Waals surface area contributed by atoms with E-state index in [0.29, 0.717) is 17.9 Å². The molecular weight excluding hydrogens is 354 g/mol. The summed E-state index contributed by atoms with van der Waals surface area (Å²) in [6.45, 7) is 5.60. The number of aliphatic imine (C=N–C) groups is 2. The molecule has 1 aromatic rings. The molecule has 142 valence electrons. The van der Waals surface area contributed by atoms with E-state index >= 15 is 0 Å². The van der Waals surface area contributed by atoms with Crippen LogP contribution in [0.4, 0.5) is 0 Å². The van der Waals surface area contributed by atoms with E-state index in [2.05, 4.69) is 26.8 Å². The molecule has 1 unspecified atom stereocenters. The maximum absolute atomic E-state index is 12.0. The summed E-state index contributed by atoms with van der Waals surface area (Å²) in [7, 11) is 0. The highest BCUT2D eigenvalue weighted by Gasteiger charge is 2.37. The second-order valence-electron chi connectivity index (χ2n) is 7.15. The Morgan fingerprint density at radius 2 is 2.25 bits per heavy atom. The minimum atomic E-state index is -0.150. The third-order valence-electron chi connectivity index (χ3n) is 5.34. The number of aromatic nitrogens is 1. The van der Waals surface area contributed by atoms with Gasteiger partial charge in [-0.25, -0.2) is 9.98 Å². The Labute approximate surface area is 163 Å². The summed E-state index contributed by atoms with van der Waals surface area (Å²) in [5.41, 5.74) is 2.88. The summed E-state index contributed by atoms with van der Waals surface area (Å²) in [6.07, 6.45) is 8.11. The van der Waals surface area contributed by atoms with Crippen molar-refractivity contribution < 1.29 is 9.53 Å². The molecule has 4 rings (SSSR count). The molecule has 3 atom stereocenters. The van der Waals surface area contributed by atoms with Gasteiger partial charge in [-0.1, -0.05) is 6.92 Å². The van der Waals surface area contributed by atoms with E-state index in [-0.39, 0.29) is 24.1 Å². The number of carbonyl (C=O) groups excluding carboxylic acids is 1. The molecule has 0 radical (unpaired) electrons. The molecule has 4 heterocycles. The van der Waals surface area contributed by atoms with Gasteiger partial charge in [0.05, 0.1) is 11.9 Å². The van der Waals surface area contributed by atoms with Crippen LogP contribution in [0.1, 0.15) is 26.0 Å². The van der Waals surface area contributed by atoms with E-state index in [1.807, 2.05) is 31.4 Å². The second kappa shape index (κ2) is 7.49. The monoisotopic (exact) mass is 375 g/mol. The van der Waals surface area contributed by atoms with E-state index in [0.717, 1.165) is 29.9 Å². The smallest absolute Gasteiger partial charge is 0.272 e. The van der Waals surface area contributed by atoms with Gasteiger partial charge in [-0.2, -0.15) is 5.26 Å². The van der Waals surface area contributed by atoms with Crippen LogP contribution in [0.3, 0.4) is 0 Å². The highest BCUT2D eigenvalue weighted by molar-refractivity contribution is 6.16. The van der Waals surface area contributed by atoms with Gasteiger partial charge < -0.3 is 4.74 Å². The first-order chi connectivity index (χ1) is 13.6. The van der Waals surface area contributed by atoms with Crippen LogP contribution in [-0.4, -0.2) is 59.0 Å². The first-order valence-electron chi connectivity index (χ1n) is 9.41. The maximum Gasteiger partial charge on any atom is 0.272 e. The number of pyridine rings is 1. The summed E-state index contributed by atoms with van der Waals surface area (Å²) in [5, 5.41) is 8.81. The topological polar surface area (TPSA) is 90.9 Å². The Kier molecular flexibility index (Phi) is 4.88. The minimum absolute atomic E-state index is 0.0762. The fraction of sp³-hybridized carbons (Fsp3) is 0.381. The number of rotatable bonds is 5. The average molecular weight is 375 g/mol. The average Bonchev–Trinajstić information content (AvgIpc) is 2.72. The standard InChI is InChI=1S/C21H21N5O2/c1-3-15-7-18-19(25-21(15)27)6-14(9-24-18)11-26-12-20(13(26)2)28-17-5-4-16(8-22)23-10-17/h4-7,9-10,13,18,20H,3,11-12H2,1-2H3/t13-,18?,20+/m1/s1. The largest absolute Gasteiger partial charge is 0.486 e. The lowest BCUT2D eigenvalue weighted by atomic mass is 9.96. The van der Waals surface area contributed by atoms with Crippen LogP contribution in [0.15, 0.2) is 51.6 Å². The fourth-order valence-corrected chi connectivity index (χ4v) is 3.52.